The van der Waals surface area contributed by atoms with Gasteiger partial charge in [-0.2, -0.15) is 0 Å². The molecule has 9 heteroatoms. The molecule has 9 nitrogen and oxygen atoms in total. The second-order valence-electron chi connectivity index (χ2n) is 5.31. The van der Waals surface area contributed by atoms with Crippen LogP contribution in [0.5, 0.6) is 0 Å². The van der Waals surface area contributed by atoms with Gasteiger partial charge in [0.05, 0.1) is 10.8 Å². The molecule has 0 N–H and O–H groups in total. The Balaban J connectivity index is 1.48. The molecule has 0 atom stereocenters. The highest BCUT2D eigenvalue weighted by molar-refractivity contribution is 5.55. The number of rotatable bonds is 5. The lowest BCUT2D eigenvalue weighted by atomic mass is 10.2. The summed E-state index contributed by atoms with van der Waals surface area (Å²) in [7, 11) is 0. The first kappa shape index (κ1) is 14.9. The fourth-order valence-corrected chi connectivity index (χ4v) is 2.37. The molecular formula is C16H11N5O4. The average Bonchev–Trinajstić information content (AvgIpc) is 3.37. The lowest BCUT2D eigenvalue weighted by Crippen LogP contribution is -1.88. The Kier molecular flexibility index (Phi) is 3.65. The van der Waals surface area contributed by atoms with Crippen LogP contribution < -0.4 is 0 Å². The molecule has 3 aromatic rings. The Hall–Kier alpha value is -3.62. The van der Waals surface area contributed by atoms with Crippen LogP contribution >= 0.6 is 0 Å². The van der Waals surface area contributed by atoms with Crippen molar-refractivity contribution >= 4 is 5.69 Å². The van der Waals surface area contributed by atoms with Gasteiger partial charge in [0.25, 0.3) is 5.69 Å². The van der Waals surface area contributed by atoms with E-state index in [0.717, 1.165) is 0 Å². The summed E-state index contributed by atoms with van der Waals surface area (Å²) in [5.41, 5.74) is 0.591. The van der Waals surface area contributed by atoms with E-state index in [1.807, 2.05) is 24.3 Å². The topological polar surface area (TPSA) is 121 Å². The fourth-order valence-electron chi connectivity index (χ4n) is 2.37. The maximum absolute atomic E-state index is 10.7. The molecule has 0 bridgehead atoms. The third kappa shape index (κ3) is 3.07. The first-order valence-corrected chi connectivity index (χ1v) is 7.43. The first-order chi connectivity index (χ1) is 12.2. The third-order valence-electron chi connectivity index (χ3n) is 3.61. The van der Waals surface area contributed by atoms with Crippen LogP contribution in [0.1, 0.15) is 23.6 Å². The summed E-state index contributed by atoms with van der Waals surface area (Å²) < 4.78 is 11.2. The minimum absolute atomic E-state index is 0.000365. The van der Waals surface area contributed by atoms with Crippen LogP contribution in [0, 0.1) is 10.1 Å². The fraction of sp³-hybridized carbons (Fsp3) is 0.125. The minimum atomic E-state index is -0.467. The molecule has 1 aliphatic carbocycles. The molecule has 0 unspecified atom stereocenters. The molecular weight excluding hydrogens is 326 g/mol. The number of nitrogens with zero attached hydrogens (tertiary/aromatic N) is 5. The van der Waals surface area contributed by atoms with Gasteiger partial charge in [0.15, 0.2) is 0 Å². The lowest BCUT2D eigenvalue weighted by Gasteiger charge is -1.95. The number of hydrogen-bond donors (Lipinski definition) is 0. The van der Waals surface area contributed by atoms with Crippen LogP contribution in [-0.2, 0) is 6.42 Å². The van der Waals surface area contributed by atoms with E-state index in [4.69, 9.17) is 8.83 Å². The van der Waals surface area contributed by atoms with Gasteiger partial charge in [0, 0.05) is 17.7 Å². The molecule has 0 saturated carbocycles. The summed E-state index contributed by atoms with van der Waals surface area (Å²) in [4.78, 5) is 10.2. The van der Waals surface area contributed by atoms with Crippen LogP contribution in [0.2, 0.25) is 0 Å². The van der Waals surface area contributed by atoms with Gasteiger partial charge in [-0.25, -0.2) is 0 Å². The van der Waals surface area contributed by atoms with Crippen LogP contribution in [0.3, 0.4) is 0 Å². The van der Waals surface area contributed by atoms with Crippen molar-refractivity contribution in [1.29, 1.82) is 0 Å². The molecule has 0 amide bonds. The summed E-state index contributed by atoms with van der Waals surface area (Å²) in [6, 6.07) is 5.87. The average molecular weight is 337 g/mol. The van der Waals surface area contributed by atoms with E-state index in [0.29, 0.717) is 23.2 Å². The molecule has 0 spiro atoms. The van der Waals surface area contributed by atoms with Crippen LogP contribution in [0.4, 0.5) is 5.69 Å². The molecule has 0 fully saturated rings. The van der Waals surface area contributed by atoms with E-state index in [-0.39, 0.29) is 23.9 Å². The molecule has 0 aliphatic heterocycles. The molecule has 124 valence electrons. The largest absolute Gasteiger partial charge is 0.424 e. The highest BCUT2D eigenvalue weighted by atomic mass is 16.6. The Morgan fingerprint density at radius 2 is 1.64 bits per heavy atom. The van der Waals surface area contributed by atoms with Crippen LogP contribution in [0.15, 0.2) is 57.4 Å². The van der Waals surface area contributed by atoms with Gasteiger partial charge in [-0.1, -0.05) is 24.3 Å². The van der Waals surface area contributed by atoms with Crippen LogP contribution in [-0.4, -0.2) is 25.3 Å². The monoisotopic (exact) mass is 337 g/mol. The molecule has 1 aromatic carbocycles. The zero-order valence-corrected chi connectivity index (χ0v) is 12.8. The smallest absolute Gasteiger partial charge is 0.269 e. The lowest BCUT2D eigenvalue weighted by molar-refractivity contribution is -0.384. The van der Waals surface area contributed by atoms with Gasteiger partial charge in [-0.05, 0) is 12.1 Å². The second-order valence-corrected chi connectivity index (χ2v) is 5.31. The summed E-state index contributed by atoms with van der Waals surface area (Å²) in [5.74, 6) is 1.48. The van der Waals surface area contributed by atoms with E-state index in [1.165, 1.54) is 12.1 Å². The van der Waals surface area contributed by atoms with Gasteiger partial charge >= 0.3 is 0 Å². The molecule has 2 heterocycles. The molecule has 2 aromatic heterocycles. The van der Waals surface area contributed by atoms with Crippen molar-refractivity contribution in [2.45, 2.75) is 12.3 Å². The molecule has 4 rings (SSSR count). The molecule has 25 heavy (non-hydrogen) atoms. The second kappa shape index (κ2) is 6.11. The van der Waals surface area contributed by atoms with Crippen molar-refractivity contribution in [3.05, 3.63) is 76.4 Å². The summed E-state index contributed by atoms with van der Waals surface area (Å²) in [5, 5.41) is 26.6. The Labute approximate surface area is 140 Å². The van der Waals surface area contributed by atoms with E-state index >= 15 is 0 Å². The zero-order valence-electron chi connectivity index (χ0n) is 12.8. The zero-order chi connectivity index (χ0) is 17.2. The number of non-ortho nitro benzene ring substituents is 1. The van der Waals surface area contributed by atoms with Crippen molar-refractivity contribution in [3.8, 4) is 11.5 Å². The summed E-state index contributed by atoms with van der Waals surface area (Å²) in [6.45, 7) is 0. The standard InChI is InChI=1S/C16H11N5O4/c22-21(23)12-7-5-11(6-8-12)16-20-18-14(25-16)9-13-17-19-15(24-13)10-3-1-2-4-10/h1-8,10H,9H2. The quantitative estimate of drug-likeness (QED) is 0.514. The van der Waals surface area contributed by atoms with Crippen molar-refractivity contribution in [2.75, 3.05) is 0 Å². The SMILES string of the molecule is O=[N+]([O-])c1ccc(-c2nnc(Cc3nnc(C4C=CC=C4)o3)o2)cc1. The first-order valence-electron chi connectivity index (χ1n) is 7.43. The van der Waals surface area contributed by atoms with E-state index in [2.05, 4.69) is 20.4 Å². The third-order valence-corrected chi connectivity index (χ3v) is 3.61. The highest BCUT2D eigenvalue weighted by Crippen LogP contribution is 2.24. The van der Waals surface area contributed by atoms with E-state index in [9.17, 15) is 10.1 Å². The summed E-state index contributed by atoms with van der Waals surface area (Å²) in [6.07, 6.45) is 7.96. The number of hydrogen-bond acceptors (Lipinski definition) is 8. The number of nitro benzene ring substituents is 1. The van der Waals surface area contributed by atoms with Gasteiger partial charge < -0.3 is 8.83 Å². The molecule has 1 aliphatic rings. The van der Waals surface area contributed by atoms with Gasteiger partial charge in [-0.15, -0.1) is 20.4 Å². The van der Waals surface area contributed by atoms with Crippen LogP contribution in [0.25, 0.3) is 11.5 Å². The minimum Gasteiger partial charge on any atom is -0.424 e. The van der Waals surface area contributed by atoms with E-state index in [1.54, 1.807) is 12.1 Å². The highest BCUT2D eigenvalue weighted by Gasteiger charge is 2.18. The van der Waals surface area contributed by atoms with Gasteiger partial charge in [0.1, 0.15) is 6.42 Å². The predicted molar refractivity (Wildman–Crippen MR) is 84.5 cm³/mol. The maximum Gasteiger partial charge on any atom is 0.269 e. The normalized spacial score (nSPS) is 13.6. The maximum atomic E-state index is 10.7. The molecule has 0 saturated heterocycles. The number of benzene rings is 1. The van der Waals surface area contributed by atoms with Crippen molar-refractivity contribution in [3.63, 3.8) is 0 Å². The van der Waals surface area contributed by atoms with Crippen molar-refractivity contribution in [2.24, 2.45) is 0 Å². The predicted octanol–water partition coefficient (Wildman–Crippen LogP) is 2.83. The Morgan fingerprint density at radius 1 is 0.960 bits per heavy atom. The molecule has 0 radical (unpaired) electrons. The number of aromatic nitrogens is 4. The van der Waals surface area contributed by atoms with E-state index < -0.39 is 4.92 Å². The Bertz CT molecular complexity index is 959. The number of allylic oxidation sites excluding steroid dienone is 4. The number of nitro groups is 1. The van der Waals surface area contributed by atoms with Crippen molar-refractivity contribution < 1.29 is 13.8 Å². The van der Waals surface area contributed by atoms with Gasteiger partial charge in [-0.3, -0.25) is 10.1 Å². The Morgan fingerprint density at radius 3 is 2.36 bits per heavy atom. The van der Waals surface area contributed by atoms with Gasteiger partial charge in [0.2, 0.25) is 23.6 Å². The van der Waals surface area contributed by atoms with Crippen molar-refractivity contribution in [1.82, 2.24) is 20.4 Å². The summed E-state index contributed by atoms with van der Waals surface area (Å²) >= 11 is 0.